The van der Waals surface area contributed by atoms with E-state index in [-0.39, 0.29) is 18.9 Å². The van der Waals surface area contributed by atoms with E-state index >= 15 is 4.79 Å². The average molecular weight is 757 g/mol. The van der Waals surface area contributed by atoms with Crippen LogP contribution in [-0.4, -0.2) is 76.7 Å². The fourth-order valence-electron chi connectivity index (χ4n) is 8.43. The molecule has 0 radical (unpaired) electrons. The highest BCUT2D eigenvalue weighted by atomic mass is 16.6. The van der Waals surface area contributed by atoms with Crippen molar-refractivity contribution >= 4 is 17.5 Å². The summed E-state index contributed by atoms with van der Waals surface area (Å²) in [5.74, 6) is 2.17. The van der Waals surface area contributed by atoms with Crippen molar-refractivity contribution in [3.63, 3.8) is 0 Å². The predicted molar refractivity (Wildman–Crippen MR) is 215 cm³/mol. The number of ketones is 1. The summed E-state index contributed by atoms with van der Waals surface area (Å²) in [6, 6.07) is 16.3. The molecule has 4 aromatic rings. The van der Waals surface area contributed by atoms with Crippen LogP contribution in [0.4, 0.5) is 0 Å². The summed E-state index contributed by atoms with van der Waals surface area (Å²) in [6.45, 7) is 11.6. The molecule has 0 aliphatic carbocycles. The van der Waals surface area contributed by atoms with Gasteiger partial charge in [0, 0.05) is 48.7 Å². The van der Waals surface area contributed by atoms with E-state index in [2.05, 4.69) is 26.0 Å². The van der Waals surface area contributed by atoms with E-state index in [1.54, 1.807) is 0 Å². The minimum atomic E-state index is -0.654. The highest BCUT2D eigenvalue weighted by molar-refractivity contribution is 6.01. The summed E-state index contributed by atoms with van der Waals surface area (Å²) >= 11 is 0. The number of benzene rings is 2. The van der Waals surface area contributed by atoms with Crippen molar-refractivity contribution in [2.45, 2.75) is 91.1 Å². The van der Waals surface area contributed by atoms with Crippen LogP contribution in [0.25, 0.3) is 0 Å². The monoisotopic (exact) mass is 756 g/mol. The van der Waals surface area contributed by atoms with Crippen molar-refractivity contribution in [3.8, 4) is 23.0 Å². The summed E-state index contributed by atoms with van der Waals surface area (Å²) in [5, 5.41) is 18.5. The zero-order valence-electron chi connectivity index (χ0n) is 33.0. The topological polar surface area (TPSA) is 134 Å². The average Bonchev–Trinajstić information content (AvgIpc) is 3.69. The summed E-state index contributed by atoms with van der Waals surface area (Å²) < 4.78 is 24.8. The van der Waals surface area contributed by atoms with Crippen LogP contribution in [0.15, 0.2) is 48.5 Å². The molecule has 0 spiro atoms. The molecule has 2 N–H and O–H groups in total. The Labute approximate surface area is 329 Å². The van der Waals surface area contributed by atoms with Crippen molar-refractivity contribution < 1.29 is 23.7 Å². The van der Waals surface area contributed by atoms with Gasteiger partial charge < -0.3 is 28.7 Å². The molecule has 4 aliphatic heterocycles. The Morgan fingerprint density at radius 1 is 0.661 bits per heavy atom. The predicted octanol–water partition coefficient (Wildman–Crippen LogP) is 7.44. The summed E-state index contributed by atoms with van der Waals surface area (Å²) in [5.41, 5.74) is 8.73. The van der Waals surface area contributed by atoms with Crippen LogP contribution in [-0.2, 0) is 30.7 Å². The Kier molecular flexibility index (Phi) is 10.7. The van der Waals surface area contributed by atoms with Gasteiger partial charge >= 0.3 is 0 Å². The Morgan fingerprint density at radius 3 is 1.52 bits per heavy atom. The first-order valence-electron chi connectivity index (χ1n) is 20.2. The van der Waals surface area contributed by atoms with Crippen LogP contribution in [0, 0.1) is 24.7 Å². The Morgan fingerprint density at radius 2 is 1.09 bits per heavy atom. The number of nitrogens with zero attached hydrogens (tertiary/aromatic N) is 4. The first kappa shape index (κ1) is 37.5. The number of nitrogens with one attached hydrogen (secondary N) is 2. The number of carbonyl (C=O) groups excluding carboxylic acids is 1. The van der Waals surface area contributed by atoms with Crippen molar-refractivity contribution in [2.75, 3.05) is 39.5 Å². The number of pyridine rings is 2. The van der Waals surface area contributed by atoms with E-state index in [0.717, 1.165) is 94.8 Å². The highest BCUT2D eigenvalue weighted by Crippen LogP contribution is 2.43. The van der Waals surface area contributed by atoms with Gasteiger partial charge in [-0.05, 0) is 86.1 Å². The van der Waals surface area contributed by atoms with E-state index in [1.165, 1.54) is 0 Å². The van der Waals surface area contributed by atoms with Gasteiger partial charge in [-0.1, -0.05) is 51.0 Å². The zero-order chi connectivity index (χ0) is 38.9. The van der Waals surface area contributed by atoms with E-state index in [9.17, 15) is 10.8 Å². The molecule has 6 heterocycles. The minimum Gasteiger partial charge on any atom is -0.486 e. The highest BCUT2D eigenvalue weighted by Gasteiger charge is 2.39. The number of carbonyl (C=O) groups is 1. The first-order valence-corrected chi connectivity index (χ1v) is 20.2. The molecular weight excluding hydrogens is 705 g/mol. The summed E-state index contributed by atoms with van der Waals surface area (Å²) in [6.07, 6.45) is 5.58. The Hall–Kier alpha value is -5.45. The number of fused-ring (bicyclic) bond motifs is 4. The van der Waals surface area contributed by atoms with Gasteiger partial charge in [-0.3, -0.25) is 15.6 Å². The lowest BCUT2D eigenvalue weighted by molar-refractivity contribution is -0.122. The lowest BCUT2D eigenvalue weighted by Gasteiger charge is -2.32. The number of unbranched alkanes of at least 4 members (excludes halogenated alkanes) is 2. The lowest BCUT2D eigenvalue weighted by atomic mass is 9.81. The van der Waals surface area contributed by atoms with Crippen LogP contribution in [0.3, 0.4) is 0 Å². The Balaban J connectivity index is 1.25. The van der Waals surface area contributed by atoms with Gasteiger partial charge in [0.25, 0.3) is 0 Å². The van der Waals surface area contributed by atoms with Gasteiger partial charge in [-0.2, -0.15) is 0 Å². The summed E-state index contributed by atoms with van der Waals surface area (Å²) in [7, 11) is 0. The third kappa shape index (κ3) is 7.31. The van der Waals surface area contributed by atoms with E-state index in [1.807, 2.05) is 60.0 Å². The number of rotatable bonds is 14. The molecule has 0 saturated heterocycles. The number of aryl methyl sites for hydroxylation is 4. The SMILES string of the molecule is CCCCc1cc(C(CN2Cc3ccc(C)nc3C2=N)C(=O)C(CN2Cc3ccc(C)nc3C2=N)c2cc(CCCC)c3c(c2)OCCO3)cc2c1OCCO2. The van der Waals surface area contributed by atoms with Crippen LogP contribution in [0.1, 0.15) is 108 Å². The maximum atomic E-state index is 15.9. The van der Waals surface area contributed by atoms with Gasteiger partial charge in [0.1, 0.15) is 49.5 Å². The maximum Gasteiger partial charge on any atom is 0.164 e. The number of hydrogen-bond donors (Lipinski definition) is 2. The molecule has 0 fully saturated rings. The second kappa shape index (κ2) is 16.0. The third-order valence-corrected chi connectivity index (χ3v) is 11.4. The smallest absolute Gasteiger partial charge is 0.164 e. The molecule has 2 aromatic heterocycles. The van der Waals surface area contributed by atoms with Crippen molar-refractivity contribution in [1.29, 1.82) is 10.8 Å². The van der Waals surface area contributed by atoms with Crippen molar-refractivity contribution in [1.82, 2.24) is 19.8 Å². The Bertz CT molecular complexity index is 2030. The molecule has 11 nitrogen and oxygen atoms in total. The molecule has 56 heavy (non-hydrogen) atoms. The molecule has 4 aliphatic rings. The molecule has 2 atom stereocenters. The van der Waals surface area contributed by atoms with Gasteiger partial charge in [-0.15, -0.1) is 0 Å². The van der Waals surface area contributed by atoms with Crippen LogP contribution in [0.5, 0.6) is 23.0 Å². The van der Waals surface area contributed by atoms with E-state index in [0.29, 0.717) is 74.1 Å². The number of aromatic nitrogens is 2. The molecule has 2 aromatic carbocycles. The van der Waals surface area contributed by atoms with E-state index < -0.39 is 11.8 Å². The van der Waals surface area contributed by atoms with Crippen LogP contribution in [0.2, 0.25) is 0 Å². The van der Waals surface area contributed by atoms with Crippen LogP contribution >= 0.6 is 0 Å². The van der Waals surface area contributed by atoms with Crippen molar-refractivity contribution in [3.05, 3.63) is 105 Å². The van der Waals surface area contributed by atoms with E-state index in [4.69, 9.17) is 28.9 Å². The maximum absolute atomic E-state index is 15.9. The number of Topliss-reactive ketones (excluding diaryl/α,β-unsaturated/α-hetero) is 1. The number of ether oxygens (including phenoxy) is 4. The minimum absolute atomic E-state index is 0.00188. The fourth-order valence-corrected chi connectivity index (χ4v) is 8.43. The molecule has 11 heteroatoms. The second-order valence-electron chi connectivity index (χ2n) is 15.5. The normalized spacial score (nSPS) is 16.5. The van der Waals surface area contributed by atoms with Crippen molar-refractivity contribution in [2.24, 2.45) is 0 Å². The fraction of sp³-hybridized carbons (Fsp3) is 0.444. The number of hydrogen-bond acceptors (Lipinski definition) is 9. The second-order valence-corrected chi connectivity index (χ2v) is 15.5. The van der Waals surface area contributed by atoms with Gasteiger partial charge in [0.15, 0.2) is 28.8 Å². The van der Waals surface area contributed by atoms with Crippen LogP contribution < -0.4 is 18.9 Å². The summed E-state index contributed by atoms with van der Waals surface area (Å²) in [4.78, 5) is 29.3. The largest absolute Gasteiger partial charge is 0.486 e. The van der Waals surface area contributed by atoms with Gasteiger partial charge in [0.05, 0.1) is 11.8 Å². The van der Waals surface area contributed by atoms with Gasteiger partial charge in [0.2, 0.25) is 0 Å². The third-order valence-electron chi connectivity index (χ3n) is 11.4. The quantitative estimate of drug-likeness (QED) is 0.135. The molecule has 0 bridgehead atoms. The first-order chi connectivity index (χ1) is 27.2. The molecule has 0 amide bonds. The zero-order valence-corrected chi connectivity index (χ0v) is 33.0. The molecular formula is C45H52N6O5. The molecule has 292 valence electrons. The van der Waals surface area contributed by atoms with Gasteiger partial charge in [-0.25, -0.2) is 9.97 Å². The molecule has 0 saturated carbocycles. The standard InChI is InChI=1S/C45H52N6O5/c1-5-7-9-29-19-33(21-37-42(29)55-17-15-53-37)35(25-50-23-31-13-11-27(3)48-39(31)44(50)46)41(52)36(26-51-24-32-14-12-28(4)49-40(32)45(51)47)34-20-30(10-8-6-2)43-38(22-34)54-16-18-56-43/h11-14,19-22,35-36,46-47H,5-10,15-18,23-26H2,1-4H3. The lowest BCUT2D eigenvalue weighted by Crippen LogP contribution is -2.38. The number of amidine groups is 2. The molecule has 2 unspecified atom stereocenters. The molecule has 8 rings (SSSR count).